The number of anilines is 1. The lowest BCUT2D eigenvalue weighted by Crippen LogP contribution is -2.03. The first kappa shape index (κ1) is 23.0. The molecule has 0 atom stereocenters. The van der Waals surface area contributed by atoms with E-state index >= 15 is 0 Å². The van der Waals surface area contributed by atoms with Gasteiger partial charge in [-0.2, -0.15) is 0 Å². The van der Waals surface area contributed by atoms with Crippen molar-refractivity contribution in [2.24, 2.45) is 0 Å². The smallest absolute Gasteiger partial charge is 0.0394 e. The van der Waals surface area contributed by atoms with Gasteiger partial charge in [0.2, 0.25) is 0 Å². The van der Waals surface area contributed by atoms with Crippen LogP contribution in [-0.4, -0.2) is 0 Å². The van der Waals surface area contributed by atoms with Crippen LogP contribution in [-0.2, 0) is 6.42 Å². The van der Waals surface area contributed by atoms with E-state index in [9.17, 15) is 0 Å². The Kier molecular flexibility index (Phi) is 9.53. The second-order valence-electron chi connectivity index (χ2n) is 6.13. The Morgan fingerprint density at radius 1 is 0.786 bits per heavy atom. The number of aryl methyl sites for hydroxylation is 2. The molecule has 0 amide bonds. The molecule has 0 aliphatic rings. The van der Waals surface area contributed by atoms with E-state index in [0.717, 1.165) is 22.7 Å². The Balaban J connectivity index is 0.000000299. The third-order valence-corrected chi connectivity index (χ3v) is 4.44. The molecule has 2 N–H and O–H groups in total. The van der Waals surface area contributed by atoms with Crippen LogP contribution in [0.3, 0.4) is 0 Å². The van der Waals surface area contributed by atoms with Crippen LogP contribution in [0.4, 0.5) is 5.69 Å². The van der Waals surface area contributed by atoms with Gasteiger partial charge in [-0.25, -0.2) is 0 Å². The van der Waals surface area contributed by atoms with E-state index in [0.29, 0.717) is 0 Å². The number of hydrogen-bond acceptors (Lipinski definition) is 1. The van der Waals surface area contributed by atoms with Crippen LogP contribution >= 0.6 is 0 Å². The zero-order chi connectivity index (χ0) is 21.1. The normalized spacial score (nSPS) is 9.43. The SMILES string of the molecule is C=C.C=c1ccc2c(N)ccc3ccc(CC)c1c32.CC.Cc1ccccc1. The summed E-state index contributed by atoms with van der Waals surface area (Å²) >= 11 is 0. The fourth-order valence-electron chi connectivity index (χ4n) is 3.15. The van der Waals surface area contributed by atoms with Crippen LogP contribution < -0.4 is 11.0 Å². The van der Waals surface area contributed by atoms with Crippen molar-refractivity contribution in [1.82, 2.24) is 0 Å². The molecule has 4 aromatic carbocycles. The van der Waals surface area contributed by atoms with E-state index in [1.807, 2.05) is 38.1 Å². The number of rotatable bonds is 1. The molecule has 146 valence electrons. The van der Waals surface area contributed by atoms with E-state index in [4.69, 9.17) is 5.73 Å². The van der Waals surface area contributed by atoms with Crippen molar-refractivity contribution in [3.8, 4) is 0 Å². The third-order valence-electron chi connectivity index (χ3n) is 4.44. The van der Waals surface area contributed by atoms with Gasteiger partial charge >= 0.3 is 0 Å². The summed E-state index contributed by atoms with van der Waals surface area (Å²) < 4.78 is 0. The predicted molar refractivity (Wildman–Crippen MR) is 130 cm³/mol. The van der Waals surface area contributed by atoms with Gasteiger partial charge in [-0.1, -0.05) is 93.6 Å². The maximum atomic E-state index is 6.06. The van der Waals surface area contributed by atoms with Crippen molar-refractivity contribution < 1.29 is 0 Å². The summed E-state index contributed by atoms with van der Waals surface area (Å²) in [5.41, 5.74) is 9.57. The maximum Gasteiger partial charge on any atom is 0.0394 e. The second kappa shape index (κ2) is 11.6. The average Bonchev–Trinajstić information content (AvgIpc) is 2.76. The Bertz CT molecular complexity index is 1030. The second-order valence-corrected chi connectivity index (χ2v) is 6.13. The monoisotopic (exact) mass is 371 g/mol. The first-order valence-corrected chi connectivity index (χ1v) is 9.85. The Hall–Kier alpha value is -3.06. The van der Waals surface area contributed by atoms with Crippen molar-refractivity contribution in [3.05, 3.63) is 96.2 Å². The highest BCUT2D eigenvalue weighted by atomic mass is 14.5. The van der Waals surface area contributed by atoms with E-state index in [-0.39, 0.29) is 0 Å². The first-order chi connectivity index (χ1) is 13.6. The highest BCUT2D eigenvalue weighted by Gasteiger charge is 2.08. The summed E-state index contributed by atoms with van der Waals surface area (Å²) in [4.78, 5) is 0. The highest BCUT2D eigenvalue weighted by molar-refractivity contribution is 6.15. The molecule has 1 heteroatoms. The van der Waals surface area contributed by atoms with Crippen molar-refractivity contribution >= 4 is 33.8 Å². The Morgan fingerprint density at radius 2 is 1.39 bits per heavy atom. The summed E-state index contributed by atoms with van der Waals surface area (Å²) in [6.07, 6.45) is 1.02. The van der Waals surface area contributed by atoms with Gasteiger partial charge in [0.25, 0.3) is 0 Å². The van der Waals surface area contributed by atoms with Gasteiger partial charge in [0.15, 0.2) is 0 Å². The standard InChI is InChI=1S/C16H15N.C7H8.C2H6.C2H4/c1-3-11-5-6-12-7-9-14(17)13-8-4-10(2)15(11)16(12)13;1-7-5-3-2-4-6-7;2*1-2/h4-9H,2-3,17H2,1H3;2-6H,1H3;1-2H3;1-2H2. The van der Waals surface area contributed by atoms with E-state index in [1.54, 1.807) is 0 Å². The molecule has 4 aromatic rings. The molecule has 4 rings (SSSR count). The van der Waals surface area contributed by atoms with Gasteiger partial charge in [-0.3, -0.25) is 0 Å². The highest BCUT2D eigenvalue weighted by Crippen LogP contribution is 2.30. The quantitative estimate of drug-likeness (QED) is 0.280. The zero-order valence-electron chi connectivity index (χ0n) is 17.8. The van der Waals surface area contributed by atoms with Crippen LogP contribution in [0, 0.1) is 6.92 Å². The third kappa shape index (κ3) is 5.23. The fraction of sp³-hybridized carbons (Fsp3) is 0.185. The molecule has 0 heterocycles. The van der Waals surface area contributed by atoms with Crippen molar-refractivity contribution in [2.75, 3.05) is 5.73 Å². The molecule has 0 bridgehead atoms. The summed E-state index contributed by atoms with van der Waals surface area (Å²) in [7, 11) is 0. The van der Waals surface area contributed by atoms with E-state index in [2.05, 4.69) is 76.0 Å². The minimum absolute atomic E-state index is 0.843. The molecule has 0 unspecified atom stereocenters. The van der Waals surface area contributed by atoms with Gasteiger partial charge < -0.3 is 5.73 Å². The molecule has 0 fully saturated rings. The number of nitrogen functional groups attached to an aromatic ring is 1. The molecule has 0 saturated heterocycles. The van der Waals surface area contributed by atoms with Gasteiger partial charge in [0, 0.05) is 11.1 Å². The molecule has 1 nitrogen and oxygen atoms in total. The largest absolute Gasteiger partial charge is 0.398 e. The van der Waals surface area contributed by atoms with Crippen LogP contribution in [0.5, 0.6) is 0 Å². The average molecular weight is 372 g/mol. The number of nitrogens with two attached hydrogens (primary N) is 1. The fourth-order valence-corrected chi connectivity index (χ4v) is 3.15. The van der Waals surface area contributed by atoms with Gasteiger partial charge in [-0.05, 0) is 46.4 Å². The van der Waals surface area contributed by atoms with Crippen LogP contribution in [0.25, 0.3) is 28.1 Å². The molecule has 0 aliphatic heterocycles. The molecule has 0 radical (unpaired) electrons. The maximum absolute atomic E-state index is 6.06. The lowest BCUT2D eigenvalue weighted by atomic mass is 9.94. The summed E-state index contributed by atoms with van der Waals surface area (Å²) in [6, 6.07) is 22.8. The Labute approximate surface area is 170 Å². The zero-order valence-corrected chi connectivity index (χ0v) is 17.8. The van der Waals surface area contributed by atoms with Gasteiger partial charge in [-0.15, -0.1) is 13.2 Å². The molecule has 0 aromatic heterocycles. The van der Waals surface area contributed by atoms with E-state index in [1.165, 1.54) is 27.3 Å². The van der Waals surface area contributed by atoms with Crippen LogP contribution in [0.15, 0.2) is 79.9 Å². The predicted octanol–water partition coefficient (Wildman–Crippen LogP) is 7.09. The minimum atomic E-state index is 0.843. The molecule has 0 saturated carbocycles. The minimum Gasteiger partial charge on any atom is -0.398 e. The van der Waals surface area contributed by atoms with Crippen molar-refractivity contribution in [3.63, 3.8) is 0 Å². The molecule has 0 aliphatic carbocycles. The summed E-state index contributed by atoms with van der Waals surface area (Å²) in [6.45, 7) is 18.4. The van der Waals surface area contributed by atoms with Crippen molar-refractivity contribution in [2.45, 2.75) is 34.1 Å². The van der Waals surface area contributed by atoms with Crippen LogP contribution in [0.2, 0.25) is 0 Å². The molecule has 0 spiro atoms. The lowest BCUT2D eigenvalue weighted by Gasteiger charge is -2.11. The lowest BCUT2D eigenvalue weighted by molar-refractivity contribution is 1.16. The molecule has 28 heavy (non-hydrogen) atoms. The summed E-state index contributed by atoms with van der Waals surface area (Å²) in [5.74, 6) is 0. The van der Waals surface area contributed by atoms with Crippen molar-refractivity contribution in [1.29, 1.82) is 0 Å². The first-order valence-electron chi connectivity index (χ1n) is 9.85. The summed E-state index contributed by atoms with van der Waals surface area (Å²) in [5, 5.41) is 6.00. The van der Waals surface area contributed by atoms with Gasteiger partial charge in [0.1, 0.15) is 0 Å². The Morgan fingerprint density at radius 3 is 1.93 bits per heavy atom. The number of hydrogen-bond donors (Lipinski definition) is 1. The van der Waals surface area contributed by atoms with Crippen LogP contribution in [0.1, 0.15) is 31.9 Å². The van der Waals surface area contributed by atoms with E-state index < -0.39 is 0 Å². The van der Waals surface area contributed by atoms with Gasteiger partial charge in [0.05, 0.1) is 0 Å². The topological polar surface area (TPSA) is 26.0 Å². The number of benzene rings is 4. The molecular formula is C27H33N. The molecular weight excluding hydrogens is 338 g/mol.